The molecule has 282 valence electrons. The number of carbonyl (C=O) groups is 4. The number of halogens is 1. The minimum atomic E-state index is -0.664. The molecule has 1 fully saturated rings. The van der Waals surface area contributed by atoms with Crippen LogP contribution in [0.1, 0.15) is 29.3 Å². The second kappa shape index (κ2) is 16.2. The second-order valence-corrected chi connectivity index (χ2v) is 15.0. The number of aryl methyl sites for hydroxylation is 1. The van der Waals surface area contributed by atoms with Gasteiger partial charge in [0.2, 0.25) is 11.8 Å². The monoisotopic (exact) mass is 790 g/mol. The van der Waals surface area contributed by atoms with Crippen LogP contribution >= 0.6 is 23.4 Å². The molecular weight excluding hydrogens is 756 g/mol. The van der Waals surface area contributed by atoms with E-state index in [1.807, 2.05) is 42.5 Å². The third-order valence-corrected chi connectivity index (χ3v) is 11.0. The van der Waals surface area contributed by atoms with Crippen molar-refractivity contribution in [1.82, 2.24) is 9.88 Å². The van der Waals surface area contributed by atoms with E-state index >= 15 is 0 Å². The number of amides is 4. The van der Waals surface area contributed by atoms with Crippen molar-refractivity contribution in [3.05, 3.63) is 167 Å². The number of anilines is 2. The number of imide groups is 1. The van der Waals surface area contributed by atoms with Crippen molar-refractivity contribution in [2.24, 2.45) is 0 Å². The lowest BCUT2D eigenvalue weighted by Gasteiger charge is -2.16. The van der Waals surface area contributed by atoms with Gasteiger partial charge >= 0.3 is 0 Å². The van der Waals surface area contributed by atoms with Crippen LogP contribution in [-0.2, 0) is 20.9 Å². The van der Waals surface area contributed by atoms with Crippen LogP contribution in [0.15, 0.2) is 156 Å². The molecule has 0 unspecified atom stereocenters. The largest absolute Gasteiger partial charge is 0.457 e. The van der Waals surface area contributed by atoms with Gasteiger partial charge in [0, 0.05) is 55.9 Å². The van der Waals surface area contributed by atoms with Gasteiger partial charge in [0.05, 0.1) is 10.9 Å². The van der Waals surface area contributed by atoms with E-state index < -0.39 is 17.1 Å². The Balaban J connectivity index is 0.999. The van der Waals surface area contributed by atoms with Crippen molar-refractivity contribution in [3.63, 3.8) is 0 Å². The summed E-state index contributed by atoms with van der Waals surface area (Å²) in [4.78, 5) is 55.9. The van der Waals surface area contributed by atoms with E-state index in [0.29, 0.717) is 38.4 Å². The smallest absolute Gasteiger partial charge is 0.272 e. The number of aromatic nitrogens is 1. The van der Waals surface area contributed by atoms with E-state index in [0.717, 1.165) is 33.9 Å². The Morgan fingerprint density at radius 2 is 1.49 bits per heavy atom. The Bertz CT molecular complexity index is 2690. The van der Waals surface area contributed by atoms with Gasteiger partial charge < -0.3 is 19.9 Å². The molecule has 11 heteroatoms. The molecule has 1 saturated heterocycles. The predicted octanol–water partition coefficient (Wildman–Crippen LogP) is 10.1. The quantitative estimate of drug-likeness (QED) is 0.0998. The molecule has 4 amide bonds. The average molecular weight is 791 g/mol. The van der Waals surface area contributed by atoms with Gasteiger partial charge in [-0.05, 0) is 116 Å². The molecule has 1 atom stereocenters. The fourth-order valence-corrected chi connectivity index (χ4v) is 8.13. The molecule has 0 spiro atoms. The van der Waals surface area contributed by atoms with E-state index in [1.165, 1.54) is 16.7 Å². The zero-order valence-electron chi connectivity index (χ0n) is 30.6. The molecule has 1 aliphatic heterocycles. The number of nitrogens with zero attached hydrogens (tertiary/aromatic N) is 2. The van der Waals surface area contributed by atoms with Crippen molar-refractivity contribution in [2.75, 3.05) is 10.2 Å². The van der Waals surface area contributed by atoms with Gasteiger partial charge in [-0.3, -0.25) is 19.2 Å². The van der Waals surface area contributed by atoms with Crippen molar-refractivity contribution in [2.45, 2.75) is 30.0 Å². The van der Waals surface area contributed by atoms with Crippen LogP contribution in [-0.4, -0.2) is 33.4 Å². The van der Waals surface area contributed by atoms with Crippen LogP contribution in [0.25, 0.3) is 27.9 Å². The van der Waals surface area contributed by atoms with Crippen molar-refractivity contribution in [1.29, 1.82) is 0 Å². The molecule has 0 saturated carbocycles. The van der Waals surface area contributed by atoms with Crippen molar-refractivity contribution < 1.29 is 23.9 Å². The Kier molecular flexibility index (Phi) is 10.6. The van der Waals surface area contributed by atoms with Crippen LogP contribution in [0.4, 0.5) is 11.4 Å². The molecule has 0 bridgehead atoms. The molecule has 57 heavy (non-hydrogen) atoms. The summed E-state index contributed by atoms with van der Waals surface area (Å²) in [6.45, 7) is 2.91. The molecule has 1 aliphatic rings. The minimum absolute atomic E-state index is 0.0167. The third-order valence-electron chi connectivity index (χ3n) is 9.57. The summed E-state index contributed by atoms with van der Waals surface area (Å²) in [7, 11) is 0. The SMILES string of the molecule is CCn1c2ccccc2c2cc(/C=C(\NC(=O)c3ccccc3)C(=O)Nc3cccc(S[C@@H]4CC(=O)N(c5ccc(Oc6ccc(Cl)cc6)cc5)C4=O)c3)ccc21. The standard InChI is InChI=1S/C46H35ClN4O5S/c1-2-50-40-14-7-6-13-37(40)38-25-29(15-24-41(38)50)26-39(49-44(53)30-9-4-3-5-10-30)45(54)48-32-11-8-12-36(27-32)57-42-28-43(52)51(46(42)55)33-18-22-35(23-19-33)56-34-20-16-31(47)17-21-34/h3-27,42H,2,28H2,1H3,(H,48,54)(H,49,53)/b39-26-/t42-/m1/s1. The minimum Gasteiger partial charge on any atom is -0.457 e. The maximum Gasteiger partial charge on any atom is 0.272 e. The molecule has 1 aromatic heterocycles. The first-order chi connectivity index (χ1) is 27.7. The number of para-hydroxylation sites is 1. The molecule has 9 nitrogen and oxygen atoms in total. The summed E-state index contributed by atoms with van der Waals surface area (Å²) < 4.78 is 8.10. The van der Waals surface area contributed by atoms with Gasteiger partial charge in [-0.2, -0.15) is 0 Å². The van der Waals surface area contributed by atoms with Gasteiger partial charge in [-0.1, -0.05) is 60.1 Å². The first-order valence-electron chi connectivity index (χ1n) is 18.3. The summed E-state index contributed by atoms with van der Waals surface area (Å²) in [5.41, 5.74) is 4.30. The first-order valence-corrected chi connectivity index (χ1v) is 19.6. The number of hydrogen-bond donors (Lipinski definition) is 2. The number of hydrogen-bond acceptors (Lipinski definition) is 6. The highest BCUT2D eigenvalue weighted by molar-refractivity contribution is 8.00. The van der Waals surface area contributed by atoms with E-state index in [-0.39, 0.29) is 23.9 Å². The Labute approximate surface area is 337 Å². The molecule has 8 rings (SSSR count). The van der Waals surface area contributed by atoms with Gasteiger partial charge in [0.25, 0.3) is 11.8 Å². The van der Waals surface area contributed by atoms with Crippen LogP contribution < -0.4 is 20.3 Å². The van der Waals surface area contributed by atoms with Crippen LogP contribution in [0.3, 0.4) is 0 Å². The Morgan fingerprint density at radius 1 is 0.789 bits per heavy atom. The number of rotatable bonds is 11. The number of ether oxygens (including phenoxy) is 1. The van der Waals surface area contributed by atoms with Crippen molar-refractivity contribution in [3.8, 4) is 11.5 Å². The summed E-state index contributed by atoms with van der Waals surface area (Å²) in [5, 5.41) is 7.82. The van der Waals surface area contributed by atoms with E-state index in [9.17, 15) is 19.2 Å². The van der Waals surface area contributed by atoms with Crippen LogP contribution in [0.5, 0.6) is 11.5 Å². The average Bonchev–Trinajstić information content (AvgIpc) is 3.70. The molecule has 0 radical (unpaired) electrons. The fraction of sp³-hybridized carbons (Fsp3) is 0.0870. The Morgan fingerprint density at radius 3 is 2.25 bits per heavy atom. The number of thioether (sulfide) groups is 1. The third kappa shape index (κ3) is 8.05. The lowest BCUT2D eigenvalue weighted by molar-refractivity contribution is -0.121. The highest BCUT2D eigenvalue weighted by Gasteiger charge is 2.40. The fourth-order valence-electron chi connectivity index (χ4n) is 6.89. The summed E-state index contributed by atoms with van der Waals surface area (Å²) >= 11 is 7.21. The van der Waals surface area contributed by atoms with Crippen molar-refractivity contribution >= 4 is 86.2 Å². The molecule has 6 aromatic carbocycles. The van der Waals surface area contributed by atoms with Crippen LogP contribution in [0, 0.1) is 0 Å². The normalized spacial score (nSPS) is 14.3. The predicted molar refractivity (Wildman–Crippen MR) is 227 cm³/mol. The summed E-state index contributed by atoms with van der Waals surface area (Å²) in [6, 6.07) is 43.6. The first kappa shape index (κ1) is 37.3. The van der Waals surface area contributed by atoms with E-state index in [1.54, 1.807) is 97.1 Å². The number of nitrogens with one attached hydrogen (secondary N) is 2. The van der Waals surface area contributed by atoms with Gasteiger partial charge in [0.1, 0.15) is 17.2 Å². The highest BCUT2D eigenvalue weighted by Crippen LogP contribution is 2.36. The van der Waals surface area contributed by atoms with Crippen LogP contribution in [0.2, 0.25) is 5.02 Å². The molecule has 2 N–H and O–H groups in total. The number of benzene rings is 6. The summed E-state index contributed by atoms with van der Waals surface area (Å²) in [6.07, 6.45) is 1.68. The maximum atomic E-state index is 14.0. The van der Waals surface area contributed by atoms with E-state index in [4.69, 9.17) is 16.3 Å². The molecule has 2 heterocycles. The van der Waals surface area contributed by atoms with Gasteiger partial charge in [-0.15, -0.1) is 11.8 Å². The zero-order valence-corrected chi connectivity index (χ0v) is 32.2. The Hall–Kier alpha value is -6.62. The second-order valence-electron chi connectivity index (χ2n) is 13.3. The highest BCUT2D eigenvalue weighted by atomic mass is 35.5. The lowest BCUT2D eigenvalue weighted by Crippen LogP contribution is -2.31. The zero-order chi connectivity index (χ0) is 39.5. The van der Waals surface area contributed by atoms with Gasteiger partial charge in [-0.25, -0.2) is 4.90 Å². The topological polar surface area (TPSA) is 110 Å². The number of fused-ring (bicyclic) bond motifs is 3. The lowest BCUT2D eigenvalue weighted by atomic mass is 10.1. The number of carbonyl (C=O) groups excluding carboxylic acids is 4. The molecular formula is C46H35ClN4O5S. The van der Waals surface area contributed by atoms with Gasteiger partial charge in [0.15, 0.2) is 0 Å². The molecule has 7 aromatic rings. The maximum absolute atomic E-state index is 14.0. The van der Waals surface area contributed by atoms with E-state index in [2.05, 4.69) is 34.3 Å². The summed E-state index contributed by atoms with van der Waals surface area (Å²) in [5.74, 6) is -0.451. The molecule has 0 aliphatic carbocycles.